The van der Waals surface area contributed by atoms with E-state index < -0.39 is 9.84 Å². The van der Waals surface area contributed by atoms with E-state index in [1.165, 1.54) is 11.3 Å². The average molecular weight is 330 g/mol. The Bertz CT molecular complexity index is 627. The monoisotopic (exact) mass is 330 g/mol. The van der Waals surface area contributed by atoms with Crippen molar-refractivity contribution in [3.63, 3.8) is 0 Å². The number of carbonyl (C=O) groups excluding carboxylic acids is 1. The van der Waals surface area contributed by atoms with Crippen LogP contribution in [0, 0.1) is 0 Å². The molecule has 0 unspecified atom stereocenters. The van der Waals surface area contributed by atoms with Crippen LogP contribution in [0.15, 0.2) is 4.90 Å². The molecule has 0 bridgehead atoms. The molecule has 1 aliphatic rings. The van der Waals surface area contributed by atoms with E-state index in [-0.39, 0.29) is 16.4 Å². The van der Waals surface area contributed by atoms with Gasteiger partial charge in [0.2, 0.25) is 0 Å². The van der Waals surface area contributed by atoms with E-state index in [1.54, 1.807) is 6.92 Å². The molecule has 1 aromatic rings. The van der Waals surface area contributed by atoms with Crippen molar-refractivity contribution in [2.75, 3.05) is 30.0 Å². The lowest BCUT2D eigenvalue weighted by atomic mass is 10.2. The molecule has 2 rings (SSSR count). The molecule has 0 amide bonds. The van der Waals surface area contributed by atoms with Gasteiger partial charge in [-0.2, -0.15) is 0 Å². The lowest BCUT2D eigenvalue weighted by Gasteiger charge is -2.21. The fraction of sp³-hybridized carbons (Fsp3) is 0.643. The number of hydrogen-bond donors (Lipinski definition) is 1. The largest absolute Gasteiger partial charge is 0.396 e. The number of anilines is 2. The number of thiophene rings is 1. The van der Waals surface area contributed by atoms with Crippen molar-refractivity contribution in [1.29, 1.82) is 0 Å². The van der Waals surface area contributed by atoms with Gasteiger partial charge in [0.25, 0.3) is 0 Å². The predicted octanol–water partition coefficient (Wildman–Crippen LogP) is 2.71. The van der Waals surface area contributed by atoms with Gasteiger partial charge < -0.3 is 10.6 Å². The second kappa shape index (κ2) is 6.36. The van der Waals surface area contributed by atoms with Gasteiger partial charge in [0.1, 0.15) is 9.90 Å². The van der Waals surface area contributed by atoms with Gasteiger partial charge in [0, 0.05) is 25.8 Å². The lowest BCUT2D eigenvalue weighted by Crippen LogP contribution is -2.24. The molecule has 2 N–H and O–H groups in total. The lowest BCUT2D eigenvalue weighted by molar-refractivity contribution is 0.0992. The fourth-order valence-electron chi connectivity index (χ4n) is 2.62. The summed E-state index contributed by atoms with van der Waals surface area (Å²) in [6.45, 7) is 3.40. The van der Waals surface area contributed by atoms with Crippen LogP contribution in [0.2, 0.25) is 0 Å². The summed E-state index contributed by atoms with van der Waals surface area (Å²) in [5, 5.41) is 0.647. The predicted molar refractivity (Wildman–Crippen MR) is 87.1 cm³/mol. The summed E-state index contributed by atoms with van der Waals surface area (Å²) >= 11 is 1.23. The van der Waals surface area contributed by atoms with Gasteiger partial charge in [0.05, 0.1) is 10.6 Å². The van der Waals surface area contributed by atoms with Crippen molar-refractivity contribution in [3.8, 4) is 0 Å². The Kier molecular flexibility index (Phi) is 4.93. The summed E-state index contributed by atoms with van der Waals surface area (Å²) in [7, 11) is -3.45. The van der Waals surface area contributed by atoms with Gasteiger partial charge in [-0.05, 0) is 12.8 Å². The molecule has 0 saturated carbocycles. The molecule has 118 valence electrons. The van der Waals surface area contributed by atoms with Crippen LogP contribution in [-0.4, -0.2) is 33.5 Å². The molecule has 21 heavy (non-hydrogen) atoms. The summed E-state index contributed by atoms with van der Waals surface area (Å²) in [6, 6.07) is 0. The zero-order valence-electron chi connectivity index (χ0n) is 12.5. The number of nitrogens with zero attached hydrogens (tertiary/aromatic N) is 1. The number of rotatable bonds is 4. The minimum atomic E-state index is -3.45. The molecule has 1 saturated heterocycles. The second-order valence-corrected chi connectivity index (χ2v) is 8.38. The molecular formula is C14H22N2O3S2. The summed E-state index contributed by atoms with van der Waals surface area (Å²) in [4.78, 5) is 14.6. The van der Waals surface area contributed by atoms with Crippen LogP contribution in [0.1, 0.15) is 48.7 Å². The van der Waals surface area contributed by atoms with Gasteiger partial charge in [-0.25, -0.2) is 8.42 Å². The highest BCUT2D eigenvalue weighted by molar-refractivity contribution is 7.91. The van der Waals surface area contributed by atoms with E-state index in [0.29, 0.717) is 16.3 Å². The maximum Gasteiger partial charge on any atom is 0.180 e. The summed E-state index contributed by atoms with van der Waals surface area (Å²) in [5.41, 5.74) is 6.13. The molecule has 0 aromatic carbocycles. The van der Waals surface area contributed by atoms with Crippen molar-refractivity contribution in [2.45, 2.75) is 43.9 Å². The Labute approximate surface area is 130 Å². The third kappa shape index (κ3) is 3.40. The molecule has 1 aromatic heterocycles. The average Bonchev–Trinajstić information content (AvgIpc) is 2.62. The molecular weight excluding hydrogens is 308 g/mol. The Hall–Kier alpha value is -1.08. The smallest absolute Gasteiger partial charge is 0.180 e. The molecule has 0 radical (unpaired) electrons. The van der Waals surface area contributed by atoms with Crippen LogP contribution in [-0.2, 0) is 9.84 Å². The van der Waals surface area contributed by atoms with Crippen molar-refractivity contribution in [3.05, 3.63) is 4.88 Å². The molecule has 7 heteroatoms. The van der Waals surface area contributed by atoms with Gasteiger partial charge >= 0.3 is 0 Å². The second-order valence-electron chi connectivity index (χ2n) is 5.43. The van der Waals surface area contributed by atoms with Crippen LogP contribution in [0.5, 0.6) is 0 Å². The van der Waals surface area contributed by atoms with Crippen LogP contribution in [0.25, 0.3) is 0 Å². The SMILES string of the molecule is CCC(=O)c1sc(N2CCCCCC2)c(S(C)(=O)=O)c1N. The van der Waals surface area contributed by atoms with E-state index in [4.69, 9.17) is 5.73 Å². The van der Waals surface area contributed by atoms with E-state index in [9.17, 15) is 13.2 Å². The van der Waals surface area contributed by atoms with Crippen LogP contribution in [0.4, 0.5) is 10.7 Å². The zero-order valence-corrected chi connectivity index (χ0v) is 14.1. The van der Waals surface area contributed by atoms with Gasteiger partial charge in [-0.15, -0.1) is 11.3 Å². The van der Waals surface area contributed by atoms with Gasteiger partial charge in [-0.1, -0.05) is 19.8 Å². The number of sulfone groups is 1. The Balaban J connectivity index is 2.55. The standard InChI is InChI=1S/C14H22N2O3S2/c1-3-10(17)12-11(15)13(21(2,18)19)14(20-12)16-8-6-4-5-7-9-16/h3-9,15H2,1-2H3. The third-order valence-corrected chi connectivity index (χ3v) is 6.31. The minimum Gasteiger partial charge on any atom is -0.396 e. The summed E-state index contributed by atoms with van der Waals surface area (Å²) in [6.07, 6.45) is 5.88. The Morgan fingerprint density at radius 3 is 2.29 bits per heavy atom. The number of carbonyl (C=O) groups is 1. The quantitative estimate of drug-likeness (QED) is 0.859. The van der Waals surface area contributed by atoms with Crippen molar-refractivity contribution < 1.29 is 13.2 Å². The summed E-state index contributed by atoms with van der Waals surface area (Å²) < 4.78 is 24.2. The topological polar surface area (TPSA) is 80.5 Å². The number of hydrogen-bond acceptors (Lipinski definition) is 6. The highest BCUT2D eigenvalue weighted by atomic mass is 32.2. The van der Waals surface area contributed by atoms with E-state index in [0.717, 1.165) is 45.0 Å². The van der Waals surface area contributed by atoms with Crippen LogP contribution < -0.4 is 10.6 Å². The molecule has 5 nitrogen and oxygen atoms in total. The highest BCUT2D eigenvalue weighted by Crippen LogP contribution is 2.42. The maximum atomic E-state index is 12.1. The number of nitrogens with two attached hydrogens (primary N) is 1. The highest BCUT2D eigenvalue weighted by Gasteiger charge is 2.29. The molecule has 0 atom stereocenters. The van der Waals surface area contributed by atoms with E-state index in [2.05, 4.69) is 4.90 Å². The van der Waals surface area contributed by atoms with Crippen molar-refractivity contribution >= 4 is 37.6 Å². The molecule has 1 aliphatic heterocycles. The normalized spacial score (nSPS) is 16.8. The number of nitrogen functional groups attached to an aromatic ring is 1. The first kappa shape index (κ1) is 16.3. The first-order chi connectivity index (χ1) is 9.86. The van der Waals surface area contributed by atoms with Gasteiger partial charge in [0.15, 0.2) is 15.6 Å². The zero-order chi connectivity index (χ0) is 15.6. The van der Waals surface area contributed by atoms with Crippen LogP contribution in [0.3, 0.4) is 0 Å². The fourth-order valence-corrected chi connectivity index (χ4v) is 5.39. The number of Topliss-reactive ketones (excluding diaryl/α,β-unsaturated/α-hetero) is 1. The third-order valence-electron chi connectivity index (χ3n) is 3.72. The van der Waals surface area contributed by atoms with E-state index in [1.807, 2.05) is 0 Å². The van der Waals surface area contributed by atoms with Crippen molar-refractivity contribution in [2.24, 2.45) is 0 Å². The first-order valence-electron chi connectivity index (χ1n) is 7.26. The Morgan fingerprint density at radius 2 is 1.81 bits per heavy atom. The van der Waals surface area contributed by atoms with Crippen LogP contribution >= 0.6 is 11.3 Å². The van der Waals surface area contributed by atoms with E-state index >= 15 is 0 Å². The molecule has 1 fully saturated rings. The molecule has 2 heterocycles. The Morgan fingerprint density at radius 1 is 1.24 bits per heavy atom. The number of ketones is 1. The molecule has 0 aliphatic carbocycles. The first-order valence-corrected chi connectivity index (χ1v) is 9.97. The van der Waals surface area contributed by atoms with Crippen molar-refractivity contribution in [1.82, 2.24) is 0 Å². The molecule has 0 spiro atoms. The summed E-state index contributed by atoms with van der Waals surface area (Å²) in [5.74, 6) is -0.0940. The van der Waals surface area contributed by atoms with Gasteiger partial charge in [-0.3, -0.25) is 4.79 Å². The maximum absolute atomic E-state index is 12.1. The minimum absolute atomic E-state index is 0.0940.